The summed E-state index contributed by atoms with van der Waals surface area (Å²) in [7, 11) is 0. The molecule has 2 fully saturated rings. The molecular formula is C24H38O8. The van der Waals surface area contributed by atoms with Gasteiger partial charge in [-0.3, -0.25) is 19.2 Å². The zero-order valence-corrected chi connectivity index (χ0v) is 20.2. The van der Waals surface area contributed by atoms with E-state index in [2.05, 4.69) is 0 Å². The molecule has 0 aliphatic heterocycles. The molecule has 0 amide bonds. The molecule has 0 unspecified atom stereocenters. The topological polar surface area (TPSA) is 127 Å². The highest BCUT2D eigenvalue weighted by atomic mass is 16.5. The Kier molecular flexibility index (Phi) is 7.37. The first-order chi connectivity index (χ1) is 14.6. The third kappa shape index (κ3) is 4.25. The molecule has 0 spiro atoms. The highest BCUT2D eigenvalue weighted by molar-refractivity contribution is 5.81. The normalized spacial score (nSPS) is 32.9. The zero-order valence-electron chi connectivity index (χ0n) is 20.2. The summed E-state index contributed by atoms with van der Waals surface area (Å²) in [6, 6.07) is 0. The average molecular weight is 455 g/mol. The predicted molar refractivity (Wildman–Crippen MR) is 116 cm³/mol. The molecule has 0 bridgehead atoms. The van der Waals surface area contributed by atoms with E-state index in [1.54, 1.807) is 41.5 Å². The van der Waals surface area contributed by atoms with Crippen molar-refractivity contribution in [3.63, 3.8) is 0 Å². The fourth-order valence-electron chi connectivity index (χ4n) is 5.34. The van der Waals surface area contributed by atoms with Gasteiger partial charge >= 0.3 is 23.9 Å². The molecule has 4 atom stereocenters. The Morgan fingerprint density at radius 1 is 0.688 bits per heavy atom. The quantitative estimate of drug-likeness (QED) is 0.396. The third-order valence-electron chi connectivity index (χ3n) is 8.99. The van der Waals surface area contributed by atoms with Gasteiger partial charge in [0.1, 0.15) is 0 Å². The van der Waals surface area contributed by atoms with Gasteiger partial charge in [-0.25, -0.2) is 0 Å². The lowest BCUT2D eigenvalue weighted by Crippen LogP contribution is -2.43. The van der Waals surface area contributed by atoms with E-state index in [0.717, 1.165) is 0 Å². The summed E-state index contributed by atoms with van der Waals surface area (Å²) >= 11 is 0. The van der Waals surface area contributed by atoms with Gasteiger partial charge in [0.05, 0.1) is 35.9 Å². The molecule has 32 heavy (non-hydrogen) atoms. The smallest absolute Gasteiger partial charge is 0.309 e. The number of aliphatic carboxylic acids is 2. The number of unbranched alkanes of at least 4 members (excludes halogenated alkanes) is 1. The number of hydrogen-bond donors (Lipinski definition) is 2. The van der Waals surface area contributed by atoms with Crippen molar-refractivity contribution in [1.82, 2.24) is 0 Å². The number of esters is 2. The Bertz CT molecular complexity index is 706. The second kappa shape index (κ2) is 9.02. The lowest BCUT2D eigenvalue weighted by molar-refractivity contribution is -0.163. The summed E-state index contributed by atoms with van der Waals surface area (Å²) in [5.74, 6) is -3.47. The van der Waals surface area contributed by atoms with Crippen molar-refractivity contribution in [3.05, 3.63) is 0 Å². The average Bonchev–Trinajstić information content (AvgIpc) is 3.08. The third-order valence-corrected chi connectivity index (χ3v) is 8.99. The van der Waals surface area contributed by atoms with Crippen LogP contribution >= 0.6 is 0 Å². The first-order valence-electron chi connectivity index (χ1n) is 11.4. The van der Waals surface area contributed by atoms with Crippen LogP contribution in [0.5, 0.6) is 0 Å². The van der Waals surface area contributed by atoms with Gasteiger partial charge in [-0.15, -0.1) is 0 Å². The van der Waals surface area contributed by atoms with Gasteiger partial charge in [-0.1, -0.05) is 27.7 Å². The van der Waals surface area contributed by atoms with Crippen LogP contribution in [0.2, 0.25) is 0 Å². The van der Waals surface area contributed by atoms with E-state index < -0.39 is 45.4 Å². The van der Waals surface area contributed by atoms with Crippen molar-refractivity contribution in [2.45, 2.75) is 80.1 Å². The fourth-order valence-corrected chi connectivity index (χ4v) is 5.34. The summed E-state index contributed by atoms with van der Waals surface area (Å²) in [5.41, 5.74) is -3.33. The minimum atomic E-state index is -0.963. The maximum atomic E-state index is 12.5. The molecule has 182 valence electrons. The number of ether oxygens (including phenoxy) is 2. The van der Waals surface area contributed by atoms with E-state index in [9.17, 15) is 29.4 Å². The van der Waals surface area contributed by atoms with Crippen LogP contribution in [0.3, 0.4) is 0 Å². The van der Waals surface area contributed by atoms with Crippen molar-refractivity contribution in [2.24, 2.45) is 33.5 Å². The number of carbonyl (C=O) groups is 4. The Morgan fingerprint density at radius 3 is 1.25 bits per heavy atom. The van der Waals surface area contributed by atoms with Crippen LogP contribution < -0.4 is 0 Å². The van der Waals surface area contributed by atoms with Gasteiger partial charge in [-0.05, 0) is 63.2 Å². The zero-order chi connectivity index (χ0) is 24.5. The Balaban J connectivity index is 1.74. The lowest BCUT2D eigenvalue weighted by atomic mass is 9.66. The Hall–Kier alpha value is -2.12. The van der Waals surface area contributed by atoms with E-state index >= 15 is 0 Å². The van der Waals surface area contributed by atoms with Gasteiger partial charge in [0.15, 0.2) is 0 Å². The minimum Gasteiger partial charge on any atom is -0.481 e. The van der Waals surface area contributed by atoms with Gasteiger partial charge in [-0.2, -0.15) is 0 Å². The van der Waals surface area contributed by atoms with E-state index in [1.807, 2.05) is 0 Å². The molecule has 0 aromatic heterocycles. The van der Waals surface area contributed by atoms with Gasteiger partial charge in [0.25, 0.3) is 0 Å². The molecule has 2 aliphatic rings. The first-order valence-corrected chi connectivity index (χ1v) is 11.4. The molecular weight excluding hydrogens is 416 g/mol. The van der Waals surface area contributed by atoms with E-state index in [0.29, 0.717) is 38.5 Å². The summed E-state index contributed by atoms with van der Waals surface area (Å²) in [6.07, 6.45) is 2.87. The van der Waals surface area contributed by atoms with Crippen LogP contribution in [-0.4, -0.2) is 47.3 Å². The summed E-state index contributed by atoms with van der Waals surface area (Å²) < 4.78 is 10.8. The van der Waals surface area contributed by atoms with Gasteiger partial charge < -0.3 is 19.7 Å². The monoisotopic (exact) mass is 454 g/mol. The number of carboxylic acids is 2. The molecule has 0 heterocycles. The summed E-state index contributed by atoms with van der Waals surface area (Å²) in [4.78, 5) is 48.4. The van der Waals surface area contributed by atoms with Crippen molar-refractivity contribution in [2.75, 3.05) is 13.2 Å². The molecule has 0 saturated heterocycles. The fraction of sp³-hybridized carbons (Fsp3) is 0.833. The van der Waals surface area contributed by atoms with E-state index in [-0.39, 0.29) is 25.2 Å². The highest BCUT2D eigenvalue weighted by Gasteiger charge is 2.59. The standard InChI is InChI=1S/C24H38O8/c1-21(2)15(9-11-23(21,5)19(27)28)17(25)31-13-7-8-14-32-18(26)16-10-12-24(6,20(29)30)22(16,3)4/h15-16H,7-14H2,1-6H3,(H,27,28)(H,29,30)/t15-,16-,23+,24+/m1/s1. The second-order valence-electron chi connectivity index (χ2n) is 10.9. The molecule has 2 rings (SSSR count). The van der Waals surface area contributed by atoms with Crippen LogP contribution in [0.25, 0.3) is 0 Å². The predicted octanol–water partition coefficient (Wildman–Crippen LogP) is 3.91. The second-order valence-corrected chi connectivity index (χ2v) is 10.9. The first kappa shape index (κ1) is 26.1. The molecule has 2 aliphatic carbocycles. The van der Waals surface area contributed by atoms with Gasteiger partial charge in [0, 0.05) is 0 Å². The van der Waals surface area contributed by atoms with Crippen LogP contribution in [0.1, 0.15) is 80.1 Å². The minimum absolute atomic E-state index is 0.179. The van der Waals surface area contributed by atoms with E-state index in [1.165, 1.54) is 0 Å². The summed E-state index contributed by atoms with van der Waals surface area (Å²) in [5, 5.41) is 19.1. The van der Waals surface area contributed by atoms with Crippen molar-refractivity contribution < 1.29 is 38.9 Å². The maximum absolute atomic E-state index is 12.5. The van der Waals surface area contributed by atoms with E-state index in [4.69, 9.17) is 9.47 Å². The summed E-state index contributed by atoms with van der Waals surface area (Å²) in [6.45, 7) is 10.9. The number of carboxylic acid groups (broad SMARTS) is 2. The number of carbonyl (C=O) groups excluding carboxylic acids is 2. The molecule has 2 saturated carbocycles. The number of hydrogen-bond acceptors (Lipinski definition) is 6. The molecule has 8 heteroatoms. The molecule has 0 radical (unpaired) electrons. The van der Waals surface area contributed by atoms with Crippen LogP contribution in [0.15, 0.2) is 0 Å². The lowest BCUT2D eigenvalue weighted by Gasteiger charge is -2.37. The number of rotatable bonds is 9. The molecule has 8 nitrogen and oxygen atoms in total. The molecule has 0 aromatic rings. The van der Waals surface area contributed by atoms with Crippen LogP contribution in [-0.2, 0) is 28.7 Å². The largest absolute Gasteiger partial charge is 0.481 e. The Labute approximate surface area is 190 Å². The SMILES string of the molecule is CC1(C)[C@@H](C(=O)OCCCCOC(=O)[C@H]2CC[C@@](C)(C(=O)O)C2(C)C)CC[C@@]1(C)C(=O)O. The maximum Gasteiger partial charge on any atom is 0.309 e. The van der Waals surface area contributed by atoms with Gasteiger partial charge in [0.2, 0.25) is 0 Å². The Morgan fingerprint density at radius 2 is 1.00 bits per heavy atom. The van der Waals surface area contributed by atoms with Crippen LogP contribution in [0.4, 0.5) is 0 Å². The molecule has 0 aromatic carbocycles. The highest BCUT2D eigenvalue weighted by Crippen LogP contribution is 2.57. The van der Waals surface area contributed by atoms with Crippen molar-refractivity contribution in [3.8, 4) is 0 Å². The van der Waals surface area contributed by atoms with Crippen molar-refractivity contribution in [1.29, 1.82) is 0 Å². The van der Waals surface area contributed by atoms with Crippen molar-refractivity contribution >= 4 is 23.9 Å². The molecule has 2 N–H and O–H groups in total. The van der Waals surface area contributed by atoms with Crippen LogP contribution in [0, 0.1) is 33.5 Å².